The van der Waals surface area contributed by atoms with Gasteiger partial charge in [-0.3, -0.25) is 0 Å². The number of benzene rings is 1. The van der Waals surface area contributed by atoms with E-state index in [4.69, 9.17) is 19.9 Å². The van der Waals surface area contributed by atoms with Crippen LogP contribution in [0.3, 0.4) is 0 Å². The summed E-state index contributed by atoms with van der Waals surface area (Å²) in [5, 5.41) is 3.64. The van der Waals surface area contributed by atoms with E-state index in [1.165, 1.54) is 12.1 Å². The molecule has 6 nitrogen and oxygen atoms in total. The Hall–Kier alpha value is -1.60. The van der Waals surface area contributed by atoms with Crippen molar-refractivity contribution in [3.63, 3.8) is 0 Å². The molecule has 0 bridgehead atoms. The maximum atomic E-state index is 11.5. The lowest BCUT2D eigenvalue weighted by atomic mass is 10.2. The van der Waals surface area contributed by atoms with E-state index >= 15 is 0 Å². The van der Waals surface area contributed by atoms with Gasteiger partial charge in [0, 0.05) is 16.2 Å². The molecule has 0 aliphatic rings. The first-order valence-electron chi connectivity index (χ1n) is 5.44. The zero-order valence-corrected chi connectivity index (χ0v) is 11.8. The van der Waals surface area contributed by atoms with Crippen molar-refractivity contribution in [1.82, 2.24) is 10.1 Å². The van der Waals surface area contributed by atoms with Crippen LogP contribution in [0, 0.1) is 6.92 Å². The summed E-state index contributed by atoms with van der Waals surface area (Å²) in [6, 6.07) is 4.48. The van der Waals surface area contributed by atoms with Gasteiger partial charge in [-0.1, -0.05) is 5.16 Å². The van der Waals surface area contributed by atoms with Gasteiger partial charge in [0.2, 0.25) is 0 Å². The standard InChI is InChI=1S/C11H11ClN2O4S/c1-3-17-9-5-4-8(6-10(9)19(12,15)16)11-13-7(2)14-18-11/h4-6H,3H2,1-2H3. The molecular formula is C11H11ClN2O4S. The topological polar surface area (TPSA) is 82.3 Å². The van der Waals surface area contributed by atoms with Crippen LogP contribution < -0.4 is 4.74 Å². The van der Waals surface area contributed by atoms with Crippen molar-refractivity contribution < 1.29 is 17.7 Å². The summed E-state index contributed by atoms with van der Waals surface area (Å²) in [7, 11) is 1.47. The number of aromatic nitrogens is 2. The zero-order chi connectivity index (χ0) is 14.0. The lowest BCUT2D eigenvalue weighted by Crippen LogP contribution is -2.00. The van der Waals surface area contributed by atoms with Crippen LogP contribution >= 0.6 is 10.7 Å². The normalized spacial score (nSPS) is 11.5. The molecular weight excluding hydrogens is 292 g/mol. The molecule has 0 spiro atoms. The molecule has 0 aliphatic heterocycles. The lowest BCUT2D eigenvalue weighted by molar-refractivity contribution is 0.331. The molecule has 0 amide bonds. The smallest absolute Gasteiger partial charge is 0.265 e. The Labute approximate surface area is 114 Å². The number of halogens is 1. The minimum atomic E-state index is -3.92. The second-order valence-corrected chi connectivity index (χ2v) is 6.21. The fourth-order valence-electron chi connectivity index (χ4n) is 1.52. The maximum absolute atomic E-state index is 11.5. The molecule has 0 saturated carbocycles. The summed E-state index contributed by atoms with van der Waals surface area (Å²) in [5.74, 6) is 0.874. The third kappa shape index (κ3) is 3.05. The van der Waals surface area contributed by atoms with Gasteiger partial charge in [-0.25, -0.2) is 8.42 Å². The van der Waals surface area contributed by atoms with Crippen molar-refractivity contribution in [2.24, 2.45) is 0 Å². The Morgan fingerprint density at radius 3 is 2.68 bits per heavy atom. The summed E-state index contributed by atoms with van der Waals surface area (Å²) in [5.41, 5.74) is 0.461. The monoisotopic (exact) mass is 302 g/mol. The highest BCUT2D eigenvalue weighted by molar-refractivity contribution is 8.13. The van der Waals surface area contributed by atoms with Crippen molar-refractivity contribution in [2.45, 2.75) is 18.7 Å². The molecule has 0 N–H and O–H groups in total. The second-order valence-electron chi connectivity index (χ2n) is 3.68. The Morgan fingerprint density at radius 1 is 1.42 bits per heavy atom. The second kappa shape index (κ2) is 5.18. The molecule has 2 rings (SSSR count). The first-order valence-corrected chi connectivity index (χ1v) is 7.75. The van der Waals surface area contributed by atoms with Gasteiger partial charge < -0.3 is 9.26 Å². The van der Waals surface area contributed by atoms with Gasteiger partial charge in [-0.15, -0.1) is 0 Å². The van der Waals surface area contributed by atoms with E-state index in [1.54, 1.807) is 19.9 Å². The van der Waals surface area contributed by atoms with E-state index in [9.17, 15) is 8.42 Å². The Bertz CT molecular complexity index is 696. The predicted molar refractivity (Wildman–Crippen MR) is 68.7 cm³/mol. The molecule has 8 heteroatoms. The van der Waals surface area contributed by atoms with Gasteiger partial charge in [0.15, 0.2) is 5.82 Å². The number of hydrogen-bond acceptors (Lipinski definition) is 6. The molecule has 2 aromatic rings. The van der Waals surface area contributed by atoms with Crippen LogP contribution in [0.1, 0.15) is 12.7 Å². The van der Waals surface area contributed by atoms with Crippen LogP contribution in [-0.4, -0.2) is 25.2 Å². The Kier molecular flexibility index (Phi) is 3.77. The van der Waals surface area contributed by atoms with E-state index in [-0.39, 0.29) is 16.5 Å². The highest BCUT2D eigenvalue weighted by Crippen LogP contribution is 2.31. The Morgan fingerprint density at radius 2 is 2.16 bits per heavy atom. The van der Waals surface area contributed by atoms with Crippen molar-refractivity contribution in [1.29, 1.82) is 0 Å². The van der Waals surface area contributed by atoms with Crippen LogP contribution in [-0.2, 0) is 9.05 Å². The van der Waals surface area contributed by atoms with Crippen molar-refractivity contribution >= 4 is 19.7 Å². The largest absolute Gasteiger partial charge is 0.492 e. The van der Waals surface area contributed by atoms with Crippen LogP contribution in [0.5, 0.6) is 5.75 Å². The fraction of sp³-hybridized carbons (Fsp3) is 0.273. The van der Waals surface area contributed by atoms with Crippen LogP contribution in [0.25, 0.3) is 11.5 Å². The van der Waals surface area contributed by atoms with E-state index in [0.29, 0.717) is 18.0 Å². The third-order valence-electron chi connectivity index (χ3n) is 2.28. The quantitative estimate of drug-likeness (QED) is 0.806. The fourth-order valence-corrected chi connectivity index (χ4v) is 2.52. The number of nitrogens with zero attached hydrogens (tertiary/aromatic N) is 2. The number of aryl methyl sites for hydroxylation is 1. The van der Waals surface area contributed by atoms with Crippen molar-refractivity contribution in [2.75, 3.05) is 6.61 Å². The summed E-state index contributed by atoms with van der Waals surface area (Å²) in [6.07, 6.45) is 0. The van der Waals surface area contributed by atoms with Crippen LogP contribution in [0.2, 0.25) is 0 Å². The summed E-state index contributed by atoms with van der Waals surface area (Å²) in [4.78, 5) is 3.90. The van der Waals surface area contributed by atoms with Crippen molar-refractivity contribution in [3.05, 3.63) is 24.0 Å². The van der Waals surface area contributed by atoms with Gasteiger partial charge >= 0.3 is 0 Å². The highest BCUT2D eigenvalue weighted by Gasteiger charge is 2.19. The molecule has 1 aromatic carbocycles. The summed E-state index contributed by atoms with van der Waals surface area (Å²) < 4.78 is 33.3. The summed E-state index contributed by atoms with van der Waals surface area (Å²) >= 11 is 0. The predicted octanol–water partition coefficient (Wildman–Crippen LogP) is 2.37. The molecule has 0 unspecified atom stereocenters. The van der Waals surface area contributed by atoms with Crippen LogP contribution in [0.15, 0.2) is 27.6 Å². The van der Waals surface area contributed by atoms with E-state index in [2.05, 4.69) is 10.1 Å². The molecule has 1 aromatic heterocycles. The van der Waals surface area contributed by atoms with Crippen LogP contribution in [0.4, 0.5) is 0 Å². The highest BCUT2D eigenvalue weighted by atomic mass is 35.7. The minimum absolute atomic E-state index is 0.121. The number of ether oxygens (including phenoxy) is 1. The number of hydrogen-bond donors (Lipinski definition) is 0. The maximum Gasteiger partial charge on any atom is 0.265 e. The SMILES string of the molecule is CCOc1ccc(-c2nc(C)no2)cc1S(=O)(=O)Cl. The minimum Gasteiger partial charge on any atom is -0.492 e. The third-order valence-corrected chi connectivity index (χ3v) is 3.62. The van der Waals surface area contributed by atoms with E-state index < -0.39 is 9.05 Å². The van der Waals surface area contributed by atoms with Gasteiger partial charge in [0.05, 0.1) is 6.61 Å². The molecule has 0 atom stereocenters. The van der Waals surface area contributed by atoms with Crippen molar-refractivity contribution in [3.8, 4) is 17.2 Å². The summed E-state index contributed by atoms with van der Waals surface area (Å²) in [6.45, 7) is 3.75. The first kappa shape index (κ1) is 13.8. The average molecular weight is 303 g/mol. The van der Waals surface area contributed by atoms with Gasteiger partial charge in [-0.2, -0.15) is 4.98 Å². The molecule has 0 fully saturated rings. The average Bonchev–Trinajstić information content (AvgIpc) is 2.75. The van der Waals surface area contributed by atoms with Gasteiger partial charge in [0.1, 0.15) is 10.6 Å². The van der Waals surface area contributed by atoms with E-state index in [1.807, 2.05) is 0 Å². The molecule has 0 saturated heterocycles. The molecule has 1 heterocycles. The van der Waals surface area contributed by atoms with E-state index in [0.717, 1.165) is 0 Å². The molecule has 19 heavy (non-hydrogen) atoms. The number of rotatable bonds is 4. The Balaban J connectivity index is 2.55. The molecule has 102 valence electrons. The van der Waals surface area contributed by atoms with Gasteiger partial charge in [-0.05, 0) is 32.0 Å². The first-order chi connectivity index (χ1) is 8.91. The zero-order valence-electron chi connectivity index (χ0n) is 10.3. The molecule has 0 aliphatic carbocycles. The van der Waals surface area contributed by atoms with Gasteiger partial charge in [0.25, 0.3) is 14.9 Å². The lowest BCUT2D eigenvalue weighted by Gasteiger charge is -2.08. The molecule has 0 radical (unpaired) electrons.